The zero-order valence-electron chi connectivity index (χ0n) is 11.9. The largest absolute Gasteiger partial charge is 0.314 e. The molecule has 2 aromatic carbocycles. The molecule has 0 radical (unpaired) electrons. The molecular weight excluding hydrogens is 260 g/mol. The summed E-state index contributed by atoms with van der Waals surface area (Å²) in [5.41, 5.74) is 2.44. The van der Waals surface area contributed by atoms with Crippen LogP contribution in [0.5, 0.6) is 0 Å². The zero-order valence-corrected chi connectivity index (χ0v) is 11.9. The number of carbonyl (C=O) groups excluding carboxylic acids is 1. The SMILES string of the molecule is CN(C(=O)C1CC1c1ccccc1)c1ccccc1C#N. The van der Waals surface area contributed by atoms with Crippen molar-refractivity contribution in [1.29, 1.82) is 5.26 Å². The first-order valence-corrected chi connectivity index (χ1v) is 7.04. The van der Waals surface area contributed by atoms with Gasteiger partial charge in [0.05, 0.1) is 11.3 Å². The Morgan fingerprint density at radius 3 is 2.52 bits per heavy atom. The summed E-state index contributed by atoms with van der Waals surface area (Å²) < 4.78 is 0. The maximum Gasteiger partial charge on any atom is 0.230 e. The lowest BCUT2D eigenvalue weighted by Gasteiger charge is -2.18. The number of hydrogen-bond acceptors (Lipinski definition) is 2. The number of nitrogens with zero attached hydrogens (tertiary/aromatic N) is 2. The van der Waals surface area contributed by atoms with E-state index in [0.29, 0.717) is 17.2 Å². The first-order chi connectivity index (χ1) is 10.2. The van der Waals surface area contributed by atoms with Crippen LogP contribution in [0.4, 0.5) is 5.69 Å². The van der Waals surface area contributed by atoms with Gasteiger partial charge in [-0.05, 0) is 30.0 Å². The number of nitriles is 1. The predicted octanol–water partition coefficient (Wildman–Crippen LogP) is 3.32. The van der Waals surface area contributed by atoms with Crippen LogP contribution in [0.2, 0.25) is 0 Å². The van der Waals surface area contributed by atoms with Crippen LogP contribution in [0.1, 0.15) is 23.5 Å². The van der Waals surface area contributed by atoms with Crippen molar-refractivity contribution in [1.82, 2.24) is 0 Å². The molecular formula is C18H16N2O. The van der Waals surface area contributed by atoms with Gasteiger partial charge in [-0.15, -0.1) is 0 Å². The average molecular weight is 276 g/mol. The number of hydrogen-bond donors (Lipinski definition) is 0. The highest BCUT2D eigenvalue weighted by Crippen LogP contribution is 2.48. The number of anilines is 1. The van der Waals surface area contributed by atoms with E-state index >= 15 is 0 Å². The second kappa shape index (κ2) is 5.41. The van der Waals surface area contributed by atoms with E-state index in [1.54, 1.807) is 18.0 Å². The zero-order chi connectivity index (χ0) is 14.8. The second-order valence-corrected chi connectivity index (χ2v) is 5.39. The first kappa shape index (κ1) is 13.4. The van der Waals surface area contributed by atoms with Gasteiger partial charge in [0.15, 0.2) is 0 Å². The van der Waals surface area contributed by atoms with Crippen LogP contribution in [-0.4, -0.2) is 13.0 Å². The number of benzene rings is 2. The van der Waals surface area contributed by atoms with Gasteiger partial charge in [-0.2, -0.15) is 5.26 Å². The first-order valence-electron chi connectivity index (χ1n) is 7.04. The Balaban J connectivity index is 1.77. The van der Waals surface area contributed by atoms with Crippen molar-refractivity contribution in [3.8, 4) is 6.07 Å². The fourth-order valence-electron chi connectivity index (χ4n) is 2.76. The van der Waals surface area contributed by atoms with E-state index < -0.39 is 0 Å². The molecule has 0 spiro atoms. The van der Waals surface area contributed by atoms with Gasteiger partial charge in [-0.3, -0.25) is 4.79 Å². The third-order valence-electron chi connectivity index (χ3n) is 4.05. The third-order valence-corrected chi connectivity index (χ3v) is 4.05. The van der Waals surface area contributed by atoms with Gasteiger partial charge in [-0.25, -0.2) is 0 Å². The third kappa shape index (κ3) is 2.53. The van der Waals surface area contributed by atoms with Crippen molar-refractivity contribution in [3.05, 3.63) is 65.7 Å². The molecule has 104 valence electrons. The molecule has 0 saturated heterocycles. The Morgan fingerprint density at radius 2 is 1.81 bits per heavy atom. The van der Waals surface area contributed by atoms with Crippen LogP contribution in [0, 0.1) is 17.2 Å². The van der Waals surface area contributed by atoms with Crippen molar-refractivity contribution in [2.75, 3.05) is 11.9 Å². The van der Waals surface area contributed by atoms with Gasteiger partial charge in [0.25, 0.3) is 0 Å². The molecule has 1 saturated carbocycles. The van der Waals surface area contributed by atoms with Gasteiger partial charge >= 0.3 is 0 Å². The summed E-state index contributed by atoms with van der Waals surface area (Å²) in [4.78, 5) is 14.2. The van der Waals surface area contributed by atoms with Crippen molar-refractivity contribution < 1.29 is 4.79 Å². The van der Waals surface area contributed by atoms with E-state index in [2.05, 4.69) is 18.2 Å². The van der Waals surface area contributed by atoms with E-state index in [9.17, 15) is 4.79 Å². The van der Waals surface area contributed by atoms with Crippen molar-refractivity contribution in [3.63, 3.8) is 0 Å². The van der Waals surface area contributed by atoms with Crippen molar-refractivity contribution in [2.45, 2.75) is 12.3 Å². The molecule has 3 heteroatoms. The molecule has 0 bridgehead atoms. The fourth-order valence-corrected chi connectivity index (χ4v) is 2.76. The molecule has 2 aromatic rings. The molecule has 3 rings (SSSR count). The van der Waals surface area contributed by atoms with Crippen LogP contribution in [0.3, 0.4) is 0 Å². The van der Waals surface area contributed by atoms with E-state index in [1.807, 2.05) is 36.4 Å². The predicted molar refractivity (Wildman–Crippen MR) is 81.9 cm³/mol. The van der Waals surface area contributed by atoms with Gasteiger partial charge in [-0.1, -0.05) is 42.5 Å². The molecule has 1 aliphatic carbocycles. The Bertz CT molecular complexity index is 703. The number of para-hydroxylation sites is 1. The van der Waals surface area contributed by atoms with Crippen LogP contribution in [0.25, 0.3) is 0 Å². The Labute approximate surface area is 124 Å². The minimum absolute atomic E-state index is 0.0316. The standard InChI is InChI=1S/C18H16N2O/c1-20(17-10-6-5-9-14(17)12-19)18(21)16-11-15(16)13-7-3-2-4-8-13/h2-10,15-16H,11H2,1H3. The molecule has 21 heavy (non-hydrogen) atoms. The highest BCUT2D eigenvalue weighted by atomic mass is 16.2. The lowest BCUT2D eigenvalue weighted by molar-refractivity contribution is -0.119. The topological polar surface area (TPSA) is 44.1 Å². The monoisotopic (exact) mass is 276 g/mol. The number of rotatable bonds is 3. The van der Waals surface area contributed by atoms with Crippen LogP contribution >= 0.6 is 0 Å². The Kier molecular flexibility index (Phi) is 3.45. The molecule has 1 aliphatic rings. The summed E-state index contributed by atoms with van der Waals surface area (Å²) in [5, 5.41) is 9.15. The maximum absolute atomic E-state index is 12.6. The highest BCUT2D eigenvalue weighted by Gasteiger charge is 2.45. The van der Waals surface area contributed by atoms with Crippen molar-refractivity contribution >= 4 is 11.6 Å². The van der Waals surface area contributed by atoms with Crippen molar-refractivity contribution in [2.24, 2.45) is 5.92 Å². The van der Waals surface area contributed by atoms with Gasteiger partial charge in [0, 0.05) is 13.0 Å². The lowest BCUT2D eigenvalue weighted by atomic mass is 10.1. The molecule has 1 fully saturated rings. The average Bonchev–Trinajstić information content (AvgIpc) is 3.35. The minimum Gasteiger partial charge on any atom is -0.314 e. The molecule has 0 aromatic heterocycles. The minimum atomic E-state index is 0.0316. The molecule has 3 nitrogen and oxygen atoms in total. The summed E-state index contributed by atoms with van der Waals surface area (Å²) in [7, 11) is 1.75. The van der Waals surface area contributed by atoms with Gasteiger partial charge in [0.2, 0.25) is 5.91 Å². The van der Waals surface area contributed by atoms with Gasteiger partial charge in [0.1, 0.15) is 6.07 Å². The Hall–Kier alpha value is -2.60. The normalized spacial score (nSPS) is 19.6. The van der Waals surface area contributed by atoms with Crippen LogP contribution in [0.15, 0.2) is 54.6 Å². The van der Waals surface area contributed by atoms with E-state index in [4.69, 9.17) is 5.26 Å². The summed E-state index contributed by atoms with van der Waals surface area (Å²) in [6.07, 6.45) is 0.891. The smallest absolute Gasteiger partial charge is 0.230 e. The van der Waals surface area contributed by atoms with E-state index in [1.165, 1.54) is 5.56 Å². The van der Waals surface area contributed by atoms with Gasteiger partial charge < -0.3 is 4.90 Å². The molecule has 1 amide bonds. The fraction of sp³-hybridized carbons (Fsp3) is 0.222. The van der Waals surface area contributed by atoms with Crippen LogP contribution < -0.4 is 4.90 Å². The van der Waals surface area contributed by atoms with Crippen LogP contribution in [-0.2, 0) is 4.79 Å². The molecule has 0 aliphatic heterocycles. The summed E-state index contributed by atoms with van der Waals surface area (Å²) in [6, 6.07) is 19.5. The molecule has 0 N–H and O–H groups in total. The van der Waals surface area contributed by atoms with E-state index in [0.717, 1.165) is 6.42 Å². The second-order valence-electron chi connectivity index (χ2n) is 5.39. The molecule has 2 unspecified atom stereocenters. The number of carbonyl (C=O) groups is 1. The summed E-state index contributed by atoms with van der Waals surface area (Å²) >= 11 is 0. The summed E-state index contributed by atoms with van der Waals surface area (Å²) in [6.45, 7) is 0. The highest BCUT2D eigenvalue weighted by molar-refractivity contribution is 5.98. The number of amides is 1. The van der Waals surface area contributed by atoms with E-state index in [-0.39, 0.29) is 11.8 Å². The maximum atomic E-state index is 12.6. The molecule has 0 heterocycles. The Morgan fingerprint density at radius 1 is 1.14 bits per heavy atom. The summed E-state index contributed by atoms with van der Waals surface area (Å²) in [5.74, 6) is 0.436. The lowest BCUT2D eigenvalue weighted by Crippen LogP contribution is -2.28. The quantitative estimate of drug-likeness (QED) is 0.863. The molecule has 2 atom stereocenters.